The third kappa shape index (κ3) is 4.95. The number of H-pyrrole nitrogens is 1. The van der Waals surface area contributed by atoms with Crippen molar-refractivity contribution in [1.29, 1.82) is 0 Å². The van der Waals surface area contributed by atoms with Crippen LogP contribution in [0.1, 0.15) is 37.0 Å². The van der Waals surface area contributed by atoms with Gasteiger partial charge >= 0.3 is 0 Å². The molecule has 0 radical (unpaired) electrons. The molecule has 2 atom stereocenters. The van der Waals surface area contributed by atoms with Crippen LogP contribution in [0, 0.1) is 13.8 Å². The van der Waals surface area contributed by atoms with Gasteiger partial charge in [0.05, 0.1) is 18.2 Å². The van der Waals surface area contributed by atoms with Crippen LogP contribution in [0.25, 0.3) is 0 Å². The van der Waals surface area contributed by atoms with E-state index in [4.69, 9.17) is 4.74 Å². The van der Waals surface area contributed by atoms with E-state index in [0.29, 0.717) is 30.2 Å². The van der Waals surface area contributed by atoms with Crippen molar-refractivity contribution in [2.24, 2.45) is 0 Å². The lowest BCUT2D eigenvalue weighted by Crippen LogP contribution is -2.45. The molecule has 7 heteroatoms. The van der Waals surface area contributed by atoms with Gasteiger partial charge in [-0.25, -0.2) is 4.98 Å². The first kappa shape index (κ1) is 17.3. The first-order valence-corrected chi connectivity index (χ1v) is 6.97. The average molecular weight is 296 g/mol. The van der Waals surface area contributed by atoms with Crippen molar-refractivity contribution in [2.75, 3.05) is 20.3 Å². The molecule has 1 amide bonds. The summed E-state index contributed by atoms with van der Waals surface area (Å²) in [7, 11) is 1.58. The molecule has 1 heterocycles. The summed E-state index contributed by atoms with van der Waals surface area (Å²) < 4.78 is 4.88. The number of carbonyl (C=O) groups is 1. The predicted octanol–water partition coefficient (Wildman–Crippen LogP) is 0.188. The topological polar surface area (TPSA) is 96.1 Å². The largest absolute Gasteiger partial charge is 0.383 e. The first-order valence-electron chi connectivity index (χ1n) is 6.97. The Morgan fingerprint density at radius 2 is 2.05 bits per heavy atom. The fourth-order valence-electron chi connectivity index (χ4n) is 2.21. The van der Waals surface area contributed by atoms with Crippen molar-refractivity contribution in [3.8, 4) is 0 Å². The summed E-state index contributed by atoms with van der Waals surface area (Å²) in [6.07, 6.45) is 0. The third-order valence-corrected chi connectivity index (χ3v) is 3.20. The molecular weight excluding hydrogens is 272 g/mol. The summed E-state index contributed by atoms with van der Waals surface area (Å²) in [5, 5.41) is 5.86. The number of aromatic nitrogens is 2. The number of aromatic amines is 1. The SMILES string of the molecule is COCCNC(=O)C(C)NC(C)c1c(C)nc(C)[nH]c1=O. The maximum absolute atomic E-state index is 12.0. The van der Waals surface area contributed by atoms with Crippen LogP contribution in [0.2, 0.25) is 0 Å². The zero-order valence-electron chi connectivity index (χ0n) is 13.2. The Bertz CT molecular complexity index is 542. The molecule has 0 aliphatic rings. The lowest BCUT2D eigenvalue weighted by molar-refractivity contribution is -0.123. The van der Waals surface area contributed by atoms with Crippen LogP contribution in [0.15, 0.2) is 4.79 Å². The van der Waals surface area contributed by atoms with Crippen LogP contribution >= 0.6 is 0 Å². The molecule has 0 bridgehead atoms. The van der Waals surface area contributed by atoms with Gasteiger partial charge in [0.25, 0.3) is 5.56 Å². The Morgan fingerprint density at radius 3 is 2.62 bits per heavy atom. The molecule has 1 aromatic heterocycles. The van der Waals surface area contributed by atoms with Gasteiger partial charge in [-0.1, -0.05) is 0 Å². The van der Waals surface area contributed by atoms with Crippen LogP contribution in [-0.4, -0.2) is 42.2 Å². The number of ether oxygens (including phenoxy) is 1. The van der Waals surface area contributed by atoms with E-state index in [1.807, 2.05) is 6.92 Å². The van der Waals surface area contributed by atoms with Gasteiger partial charge in [0, 0.05) is 25.4 Å². The number of hydrogen-bond acceptors (Lipinski definition) is 5. The van der Waals surface area contributed by atoms with Gasteiger partial charge in [0.15, 0.2) is 0 Å². The maximum atomic E-state index is 12.0. The molecule has 7 nitrogen and oxygen atoms in total. The molecule has 0 saturated carbocycles. The third-order valence-electron chi connectivity index (χ3n) is 3.20. The number of aryl methyl sites for hydroxylation is 2. The standard InChI is InChI=1S/C14H24N4O3/c1-8(12-9(2)17-11(4)18-14(12)20)16-10(3)13(19)15-6-7-21-5/h8,10,16H,6-7H2,1-5H3,(H,15,19)(H,17,18,20). The maximum Gasteiger partial charge on any atom is 0.255 e. The molecule has 0 aliphatic heterocycles. The number of hydrogen-bond donors (Lipinski definition) is 3. The Labute approximate surface area is 124 Å². The fourth-order valence-corrected chi connectivity index (χ4v) is 2.21. The second-order valence-corrected chi connectivity index (χ2v) is 5.04. The highest BCUT2D eigenvalue weighted by molar-refractivity contribution is 5.81. The second-order valence-electron chi connectivity index (χ2n) is 5.04. The lowest BCUT2D eigenvalue weighted by Gasteiger charge is -2.20. The van der Waals surface area contributed by atoms with Gasteiger partial charge in [-0.3, -0.25) is 14.9 Å². The summed E-state index contributed by atoms with van der Waals surface area (Å²) in [4.78, 5) is 30.8. The van der Waals surface area contributed by atoms with Crippen LogP contribution < -0.4 is 16.2 Å². The minimum absolute atomic E-state index is 0.131. The van der Waals surface area contributed by atoms with E-state index in [9.17, 15) is 9.59 Å². The van der Waals surface area contributed by atoms with Crippen molar-refractivity contribution in [1.82, 2.24) is 20.6 Å². The van der Waals surface area contributed by atoms with Gasteiger partial charge in [0.1, 0.15) is 5.82 Å². The monoisotopic (exact) mass is 296 g/mol. The molecule has 0 aromatic carbocycles. The number of amides is 1. The summed E-state index contributed by atoms with van der Waals surface area (Å²) >= 11 is 0. The minimum Gasteiger partial charge on any atom is -0.383 e. The molecule has 118 valence electrons. The van der Waals surface area contributed by atoms with E-state index in [0.717, 1.165) is 0 Å². The molecule has 1 aromatic rings. The van der Waals surface area contributed by atoms with Crippen LogP contribution in [0.5, 0.6) is 0 Å². The smallest absolute Gasteiger partial charge is 0.255 e. The molecule has 1 rings (SSSR count). The minimum atomic E-state index is -0.419. The Morgan fingerprint density at radius 1 is 1.38 bits per heavy atom. The molecular formula is C14H24N4O3. The first-order chi connectivity index (χ1) is 9.86. The van der Waals surface area contributed by atoms with Gasteiger partial charge in [-0.05, 0) is 27.7 Å². The highest BCUT2D eigenvalue weighted by Crippen LogP contribution is 2.11. The zero-order chi connectivity index (χ0) is 16.0. The van der Waals surface area contributed by atoms with Gasteiger partial charge in [-0.15, -0.1) is 0 Å². The van der Waals surface area contributed by atoms with E-state index >= 15 is 0 Å². The van der Waals surface area contributed by atoms with E-state index < -0.39 is 6.04 Å². The Balaban J connectivity index is 2.71. The van der Waals surface area contributed by atoms with Crippen LogP contribution in [-0.2, 0) is 9.53 Å². The summed E-state index contributed by atoms with van der Waals surface area (Å²) in [6, 6.07) is -0.693. The number of methoxy groups -OCH3 is 1. The summed E-state index contributed by atoms with van der Waals surface area (Å²) in [5.74, 6) is 0.451. The molecule has 0 saturated heterocycles. The predicted molar refractivity (Wildman–Crippen MR) is 80.2 cm³/mol. The quantitative estimate of drug-likeness (QED) is 0.624. The van der Waals surface area contributed by atoms with E-state index in [1.165, 1.54) is 0 Å². The highest BCUT2D eigenvalue weighted by atomic mass is 16.5. The second kappa shape index (κ2) is 7.90. The molecule has 0 fully saturated rings. The van der Waals surface area contributed by atoms with E-state index in [2.05, 4.69) is 20.6 Å². The van der Waals surface area contributed by atoms with Gasteiger partial charge < -0.3 is 15.0 Å². The number of carbonyl (C=O) groups excluding carboxylic acids is 1. The Hall–Kier alpha value is -1.73. The van der Waals surface area contributed by atoms with Crippen molar-refractivity contribution >= 4 is 5.91 Å². The highest BCUT2D eigenvalue weighted by Gasteiger charge is 2.19. The van der Waals surface area contributed by atoms with Crippen molar-refractivity contribution < 1.29 is 9.53 Å². The van der Waals surface area contributed by atoms with Gasteiger partial charge in [-0.2, -0.15) is 0 Å². The lowest BCUT2D eigenvalue weighted by atomic mass is 10.1. The number of nitrogens with zero attached hydrogens (tertiary/aromatic N) is 1. The fraction of sp³-hybridized carbons (Fsp3) is 0.643. The zero-order valence-corrected chi connectivity index (χ0v) is 13.2. The van der Waals surface area contributed by atoms with Crippen molar-refractivity contribution in [2.45, 2.75) is 39.8 Å². The normalized spacial score (nSPS) is 13.8. The van der Waals surface area contributed by atoms with Gasteiger partial charge in [0.2, 0.25) is 5.91 Å². The Kier molecular flexibility index (Phi) is 6.51. The summed E-state index contributed by atoms with van der Waals surface area (Å²) in [5.41, 5.74) is 1.05. The molecule has 0 spiro atoms. The van der Waals surface area contributed by atoms with Crippen LogP contribution in [0.3, 0.4) is 0 Å². The number of nitrogens with one attached hydrogen (secondary N) is 3. The van der Waals surface area contributed by atoms with Crippen LogP contribution in [0.4, 0.5) is 0 Å². The van der Waals surface area contributed by atoms with Crippen molar-refractivity contribution in [3.05, 3.63) is 27.4 Å². The molecule has 0 aliphatic carbocycles. The number of rotatable bonds is 7. The molecule has 21 heavy (non-hydrogen) atoms. The van der Waals surface area contributed by atoms with Crippen molar-refractivity contribution in [3.63, 3.8) is 0 Å². The molecule has 2 unspecified atom stereocenters. The average Bonchev–Trinajstić information content (AvgIpc) is 2.37. The van der Waals surface area contributed by atoms with E-state index in [-0.39, 0.29) is 17.5 Å². The molecule has 3 N–H and O–H groups in total. The summed E-state index contributed by atoms with van der Waals surface area (Å²) in [6.45, 7) is 8.05. The van der Waals surface area contributed by atoms with E-state index in [1.54, 1.807) is 27.9 Å².